The number of pyridine rings is 1. The Morgan fingerprint density at radius 2 is 1.30 bits per heavy atom. The van der Waals surface area contributed by atoms with E-state index in [-0.39, 0.29) is 11.0 Å². The van der Waals surface area contributed by atoms with Gasteiger partial charge in [0.15, 0.2) is 0 Å². The molecule has 4 heteroatoms. The summed E-state index contributed by atoms with van der Waals surface area (Å²) in [5.41, 5.74) is 8.97. The molecule has 2 aromatic heterocycles. The maximum Gasteiger partial charge on any atom is 0.137 e. The zero-order valence-corrected chi connectivity index (χ0v) is 24.8. The number of benzene rings is 5. The fourth-order valence-corrected chi connectivity index (χ4v) is 6.64. The number of aromatic nitrogens is 2. The second-order valence-electron chi connectivity index (χ2n) is 12.0. The van der Waals surface area contributed by atoms with E-state index in [0.717, 1.165) is 39.7 Å². The van der Waals surface area contributed by atoms with Crippen molar-refractivity contribution in [3.05, 3.63) is 156 Å². The van der Waals surface area contributed by atoms with Crippen molar-refractivity contribution in [1.82, 2.24) is 9.55 Å². The van der Waals surface area contributed by atoms with Gasteiger partial charge in [-0.25, -0.2) is 4.98 Å². The van der Waals surface area contributed by atoms with Crippen LogP contribution in [-0.4, -0.2) is 16.2 Å². The van der Waals surface area contributed by atoms with Crippen molar-refractivity contribution in [2.45, 2.75) is 26.1 Å². The number of nitrogens with zero attached hydrogens (tertiary/aromatic N) is 4. The minimum Gasteiger partial charge on any atom is -0.321 e. The van der Waals surface area contributed by atoms with Gasteiger partial charge < -0.3 is 9.80 Å². The zero-order chi connectivity index (χ0) is 32.3. The van der Waals surface area contributed by atoms with Gasteiger partial charge in [-0.2, -0.15) is 0 Å². The van der Waals surface area contributed by atoms with E-state index in [1.807, 2.05) is 12.1 Å². The van der Waals surface area contributed by atoms with Crippen LogP contribution in [0.15, 0.2) is 140 Å². The van der Waals surface area contributed by atoms with Crippen molar-refractivity contribution in [3.8, 4) is 5.82 Å². The van der Waals surface area contributed by atoms with Crippen LogP contribution in [0.1, 0.15) is 34.7 Å². The number of rotatable bonds is 5. The second-order valence-corrected chi connectivity index (χ2v) is 12.0. The molecule has 44 heavy (non-hydrogen) atoms. The number of anilines is 4. The lowest BCUT2D eigenvalue weighted by molar-refractivity contribution is 0.641. The molecule has 0 saturated heterocycles. The molecule has 7 aromatic rings. The molecule has 3 heterocycles. The standard InChI is InChI=1S/C40H34N4/c1-28-22-23-41-39(24-28)44-35-17-8-7-16-33(35)34-21-20-30(26-38(34)44)40(2,3)29-12-11-15-32(25-29)43-27-42(31-13-5-4-6-14-31)36-18-9-10-19-37(36)43/h4-26H,27H2,1-3H3/i1D3. The number of hydrogen-bond donors (Lipinski definition) is 0. The maximum atomic E-state index is 8.00. The third-order valence-electron chi connectivity index (χ3n) is 9.06. The summed E-state index contributed by atoms with van der Waals surface area (Å²) in [7, 11) is 0. The number of para-hydroxylation sites is 4. The fourth-order valence-electron chi connectivity index (χ4n) is 6.64. The van der Waals surface area contributed by atoms with Gasteiger partial charge in [0.2, 0.25) is 0 Å². The average Bonchev–Trinajstić information content (AvgIpc) is 3.65. The first-order chi connectivity index (χ1) is 22.7. The third kappa shape index (κ3) is 4.17. The highest BCUT2D eigenvalue weighted by molar-refractivity contribution is 6.09. The summed E-state index contributed by atoms with van der Waals surface area (Å²) < 4.78 is 26.1. The van der Waals surface area contributed by atoms with Crippen molar-refractivity contribution in [1.29, 1.82) is 0 Å². The van der Waals surface area contributed by atoms with Crippen molar-refractivity contribution in [2.75, 3.05) is 16.5 Å². The zero-order valence-electron chi connectivity index (χ0n) is 27.8. The maximum absolute atomic E-state index is 8.00. The molecule has 0 saturated carbocycles. The van der Waals surface area contributed by atoms with Crippen LogP contribution in [0.5, 0.6) is 0 Å². The first-order valence-electron chi connectivity index (χ1n) is 16.5. The second kappa shape index (κ2) is 10.1. The summed E-state index contributed by atoms with van der Waals surface area (Å²) >= 11 is 0. The van der Waals surface area contributed by atoms with E-state index in [0.29, 0.717) is 5.82 Å². The van der Waals surface area contributed by atoms with Crippen LogP contribution in [0, 0.1) is 6.85 Å². The third-order valence-corrected chi connectivity index (χ3v) is 9.06. The normalized spacial score (nSPS) is 14.5. The molecule has 0 N–H and O–H groups in total. The summed E-state index contributed by atoms with van der Waals surface area (Å²) in [5, 5.41) is 2.20. The molecule has 1 aliphatic heterocycles. The van der Waals surface area contributed by atoms with Crippen LogP contribution in [0.4, 0.5) is 22.7 Å². The molecule has 8 rings (SSSR count). The van der Waals surface area contributed by atoms with Crippen LogP contribution < -0.4 is 9.80 Å². The van der Waals surface area contributed by atoms with E-state index >= 15 is 0 Å². The van der Waals surface area contributed by atoms with Crippen molar-refractivity contribution < 1.29 is 4.11 Å². The van der Waals surface area contributed by atoms with Gasteiger partial charge in [0.25, 0.3) is 0 Å². The molecule has 0 atom stereocenters. The number of aryl methyl sites for hydroxylation is 1. The minimum absolute atomic E-state index is 0.274. The van der Waals surface area contributed by atoms with Crippen LogP contribution in [0.25, 0.3) is 27.6 Å². The van der Waals surface area contributed by atoms with Gasteiger partial charge in [0, 0.05) is 37.9 Å². The Labute approximate surface area is 262 Å². The average molecular weight is 574 g/mol. The molecule has 0 fully saturated rings. The topological polar surface area (TPSA) is 24.3 Å². The quantitative estimate of drug-likeness (QED) is 0.205. The Morgan fingerprint density at radius 3 is 2.11 bits per heavy atom. The molecule has 0 amide bonds. The first-order valence-corrected chi connectivity index (χ1v) is 15.0. The van der Waals surface area contributed by atoms with Gasteiger partial charge in [0.1, 0.15) is 12.5 Å². The largest absolute Gasteiger partial charge is 0.321 e. The lowest BCUT2D eigenvalue weighted by Gasteiger charge is -2.29. The highest BCUT2D eigenvalue weighted by Crippen LogP contribution is 2.45. The van der Waals surface area contributed by atoms with E-state index in [4.69, 9.17) is 4.11 Å². The van der Waals surface area contributed by atoms with Gasteiger partial charge in [-0.1, -0.05) is 86.6 Å². The van der Waals surface area contributed by atoms with E-state index < -0.39 is 6.85 Å². The van der Waals surface area contributed by atoms with Gasteiger partial charge in [-0.05, 0) is 84.2 Å². The predicted octanol–water partition coefficient (Wildman–Crippen LogP) is 10.1. The molecule has 5 aromatic carbocycles. The van der Waals surface area contributed by atoms with E-state index in [1.165, 1.54) is 22.6 Å². The van der Waals surface area contributed by atoms with Crippen molar-refractivity contribution >= 4 is 44.6 Å². The minimum atomic E-state index is -2.22. The van der Waals surface area contributed by atoms with Crippen LogP contribution >= 0.6 is 0 Å². The fraction of sp³-hybridized carbons (Fsp3) is 0.125. The van der Waals surface area contributed by atoms with Crippen LogP contribution in [-0.2, 0) is 5.41 Å². The molecule has 0 bridgehead atoms. The highest BCUT2D eigenvalue weighted by atomic mass is 15.4. The monoisotopic (exact) mass is 573 g/mol. The Bertz CT molecular complexity index is 2270. The van der Waals surface area contributed by atoms with Crippen LogP contribution in [0.3, 0.4) is 0 Å². The SMILES string of the molecule is [2H]C([2H])([2H])c1ccnc(-n2c3ccccc3c3ccc(C(C)(C)c4cccc(N5CN(c6ccccc6)c6ccccc65)c4)cc32)c1. The lowest BCUT2D eigenvalue weighted by atomic mass is 9.77. The number of fused-ring (bicyclic) bond motifs is 4. The predicted molar refractivity (Wildman–Crippen MR) is 184 cm³/mol. The summed E-state index contributed by atoms with van der Waals surface area (Å²) in [6.07, 6.45) is 1.59. The Kier molecular flexibility index (Phi) is 5.33. The van der Waals surface area contributed by atoms with Gasteiger partial charge in [-0.15, -0.1) is 0 Å². The molecule has 1 aliphatic rings. The van der Waals surface area contributed by atoms with E-state index in [9.17, 15) is 0 Å². The molecule has 214 valence electrons. The van der Waals surface area contributed by atoms with E-state index in [1.54, 1.807) is 18.3 Å². The molecule has 0 aliphatic carbocycles. The van der Waals surface area contributed by atoms with Gasteiger partial charge >= 0.3 is 0 Å². The Balaban J connectivity index is 1.22. The molecule has 4 nitrogen and oxygen atoms in total. The van der Waals surface area contributed by atoms with E-state index in [2.05, 4.69) is 142 Å². The lowest BCUT2D eigenvalue weighted by Crippen LogP contribution is -2.25. The first kappa shape index (κ1) is 23.1. The summed E-state index contributed by atoms with van der Waals surface area (Å²) in [4.78, 5) is 9.39. The van der Waals surface area contributed by atoms with Gasteiger partial charge in [-0.3, -0.25) is 4.57 Å². The Morgan fingerprint density at radius 1 is 0.614 bits per heavy atom. The molecular weight excluding hydrogens is 536 g/mol. The highest BCUT2D eigenvalue weighted by Gasteiger charge is 2.30. The summed E-state index contributed by atoms with van der Waals surface area (Å²) in [6, 6.07) is 46.1. The molecular formula is C40H34N4. The van der Waals surface area contributed by atoms with Gasteiger partial charge in [0.05, 0.1) is 22.4 Å². The van der Waals surface area contributed by atoms with Crippen molar-refractivity contribution in [2.24, 2.45) is 0 Å². The smallest absolute Gasteiger partial charge is 0.137 e. The molecule has 0 radical (unpaired) electrons. The molecule has 0 unspecified atom stereocenters. The summed E-state index contributed by atoms with van der Waals surface area (Å²) in [5.74, 6) is 0.595. The van der Waals surface area contributed by atoms with Crippen molar-refractivity contribution in [3.63, 3.8) is 0 Å². The number of hydrogen-bond acceptors (Lipinski definition) is 3. The molecule has 0 spiro atoms. The summed E-state index contributed by atoms with van der Waals surface area (Å²) in [6.45, 7) is 3.04. The Hall–Kier alpha value is -5.35. The van der Waals surface area contributed by atoms with Crippen LogP contribution in [0.2, 0.25) is 0 Å².